The van der Waals surface area contributed by atoms with Crippen molar-refractivity contribution >= 4 is 20.8 Å². The number of morpholine rings is 1. The van der Waals surface area contributed by atoms with Crippen LogP contribution in [-0.4, -0.2) is 49.4 Å². The summed E-state index contributed by atoms with van der Waals surface area (Å²) in [6, 6.07) is 30.0. The van der Waals surface area contributed by atoms with Crippen LogP contribution in [0.25, 0.3) is 33.2 Å². The quantitative estimate of drug-likeness (QED) is 0.316. The molecule has 0 spiro atoms. The first-order valence-electron chi connectivity index (χ1n) is 13.5. The van der Waals surface area contributed by atoms with E-state index in [-0.39, 0.29) is 17.0 Å². The molecule has 2 heterocycles. The van der Waals surface area contributed by atoms with Crippen LogP contribution in [0.2, 0.25) is 0 Å². The highest BCUT2D eigenvalue weighted by atomic mass is 32.2. The first kappa shape index (κ1) is 27.0. The van der Waals surface area contributed by atoms with Gasteiger partial charge in [-0.25, -0.2) is 18.2 Å². The number of primary sulfonamides is 1. The van der Waals surface area contributed by atoms with Gasteiger partial charge in [-0.05, 0) is 28.8 Å². The van der Waals surface area contributed by atoms with Crippen molar-refractivity contribution in [1.29, 1.82) is 0 Å². The Labute approximate surface area is 238 Å². The monoisotopic (exact) mass is 566 g/mol. The molecule has 0 atom stereocenters. The molecule has 9 heteroatoms. The molecular formula is C32H30N4O4S. The molecule has 208 valence electrons. The summed E-state index contributed by atoms with van der Waals surface area (Å²) in [7, 11) is -3.87. The molecule has 2 N–H and O–H groups in total. The second-order valence-electron chi connectivity index (χ2n) is 10.2. The van der Waals surface area contributed by atoms with Crippen LogP contribution >= 0.6 is 0 Å². The lowest BCUT2D eigenvalue weighted by Gasteiger charge is -2.26. The van der Waals surface area contributed by atoms with Gasteiger partial charge < -0.3 is 4.74 Å². The van der Waals surface area contributed by atoms with Gasteiger partial charge in [0.15, 0.2) is 0 Å². The van der Waals surface area contributed by atoms with Crippen LogP contribution in [-0.2, 0) is 27.8 Å². The largest absolute Gasteiger partial charge is 0.379 e. The topological polar surface area (TPSA) is 108 Å². The number of aromatic nitrogens is 2. The molecule has 0 radical (unpaired) electrons. The standard InChI is InChI=1S/C32H30N4O4S/c33-41(38,39)30-8-4-3-5-27(30)25-13-9-24(10-14-25)22-36-32(37)29-7-2-1-6-28(29)31(34-36)26-15-11-23(12-16-26)21-35-17-19-40-20-18-35/h1-16H,17-22H2,(H2,33,38,39). The van der Waals surface area contributed by atoms with E-state index in [0.29, 0.717) is 10.9 Å². The number of rotatable bonds is 7. The second-order valence-corrected chi connectivity index (χ2v) is 11.7. The van der Waals surface area contributed by atoms with Gasteiger partial charge in [-0.1, -0.05) is 84.9 Å². The summed E-state index contributed by atoms with van der Waals surface area (Å²) in [5, 5.41) is 11.7. The minimum atomic E-state index is -3.87. The zero-order valence-electron chi connectivity index (χ0n) is 22.4. The minimum absolute atomic E-state index is 0.0702. The van der Waals surface area contributed by atoms with E-state index in [2.05, 4.69) is 29.2 Å². The molecule has 8 nitrogen and oxygen atoms in total. The summed E-state index contributed by atoms with van der Waals surface area (Å²) < 4.78 is 31.1. The van der Waals surface area contributed by atoms with Crippen molar-refractivity contribution in [3.8, 4) is 22.4 Å². The zero-order valence-corrected chi connectivity index (χ0v) is 23.3. The Hall–Kier alpha value is -4.15. The van der Waals surface area contributed by atoms with Crippen LogP contribution in [0.4, 0.5) is 0 Å². The predicted octanol–water partition coefficient (Wildman–Crippen LogP) is 4.26. The average molecular weight is 567 g/mol. The number of fused-ring (bicyclic) bond motifs is 1. The molecular weight excluding hydrogens is 536 g/mol. The fraction of sp³-hybridized carbons (Fsp3) is 0.188. The third-order valence-electron chi connectivity index (χ3n) is 7.40. The molecule has 1 saturated heterocycles. The highest BCUT2D eigenvalue weighted by Gasteiger charge is 2.16. The fourth-order valence-corrected chi connectivity index (χ4v) is 6.02. The van der Waals surface area contributed by atoms with Crippen LogP contribution in [0.5, 0.6) is 0 Å². The summed E-state index contributed by atoms with van der Waals surface area (Å²) in [4.78, 5) is 15.9. The molecule has 1 aliphatic heterocycles. The fourth-order valence-electron chi connectivity index (χ4n) is 5.26. The highest BCUT2D eigenvalue weighted by molar-refractivity contribution is 7.89. The first-order chi connectivity index (χ1) is 19.9. The van der Waals surface area contributed by atoms with Crippen LogP contribution in [0.3, 0.4) is 0 Å². The average Bonchev–Trinajstić information content (AvgIpc) is 3.00. The summed E-state index contributed by atoms with van der Waals surface area (Å²) >= 11 is 0. The van der Waals surface area contributed by atoms with Crippen molar-refractivity contribution in [2.45, 2.75) is 18.0 Å². The van der Waals surface area contributed by atoms with Gasteiger partial charge in [0.2, 0.25) is 10.0 Å². The molecule has 1 fully saturated rings. The third-order valence-corrected chi connectivity index (χ3v) is 8.36. The second kappa shape index (κ2) is 11.4. The Morgan fingerprint density at radius 1 is 0.732 bits per heavy atom. The molecule has 0 saturated carbocycles. The Morgan fingerprint density at radius 2 is 1.32 bits per heavy atom. The van der Waals surface area contributed by atoms with Crippen molar-refractivity contribution in [2.75, 3.05) is 26.3 Å². The molecule has 0 aliphatic carbocycles. The Morgan fingerprint density at radius 3 is 2.00 bits per heavy atom. The van der Waals surface area contributed by atoms with Gasteiger partial charge in [-0.3, -0.25) is 9.69 Å². The van der Waals surface area contributed by atoms with E-state index < -0.39 is 10.0 Å². The van der Waals surface area contributed by atoms with E-state index in [0.717, 1.165) is 60.6 Å². The van der Waals surface area contributed by atoms with Gasteiger partial charge >= 0.3 is 0 Å². The van der Waals surface area contributed by atoms with E-state index in [1.165, 1.54) is 16.3 Å². The molecule has 0 bridgehead atoms. The maximum atomic E-state index is 13.4. The molecule has 0 amide bonds. The lowest BCUT2D eigenvalue weighted by molar-refractivity contribution is 0.0342. The minimum Gasteiger partial charge on any atom is -0.379 e. The molecule has 0 unspecified atom stereocenters. The van der Waals surface area contributed by atoms with Crippen LogP contribution in [0.15, 0.2) is 107 Å². The normalized spacial score (nSPS) is 14.4. The summed E-state index contributed by atoms with van der Waals surface area (Å²) in [5.41, 5.74) is 4.84. The Balaban J connectivity index is 1.31. The van der Waals surface area contributed by atoms with Crippen molar-refractivity contribution in [3.05, 3.63) is 119 Å². The van der Waals surface area contributed by atoms with Crippen LogP contribution in [0.1, 0.15) is 11.1 Å². The number of nitrogens with two attached hydrogens (primary N) is 1. The number of sulfonamides is 1. The van der Waals surface area contributed by atoms with Crippen molar-refractivity contribution < 1.29 is 13.2 Å². The zero-order chi connectivity index (χ0) is 28.4. The van der Waals surface area contributed by atoms with Gasteiger partial charge in [-0.2, -0.15) is 5.10 Å². The number of hydrogen-bond donors (Lipinski definition) is 1. The number of nitrogens with zero attached hydrogens (tertiary/aromatic N) is 3. The maximum Gasteiger partial charge on any atom is 0.274 e. The van der Waals surface area contributed by atoms with Crippen molar-refractivity contribution in [3.63, 3.8) is 0 Å². The number of hydrogen-bond acceptors (Lipinski definition) is 6. The smallest absolute Gasteiger partial charge is 0.274 e. The molecule has 1 aromatic heterocycles. The number of ether oxygens (including phenoxy) is 1. The van der Waals surface area contributed by atoms with Crippen molar-refractivity contribution in [1.82, 2.24) is 14.7 Å². The lowest BCUT2D eigenvalue weighted by atomic mass is 10.0. The van der Waals surface area contributed by atoms with Crippen molar-refractivity contribution in [2.24, 2.45) is 5.14 Å². The number of benzene rings is 4. The van der Waals surface area contributed by atoms with Gasteiger partial charge in [0.05, 0.1) is 35.7 Å². The molecule has 1 aliphatic rings. The van der Waals surface area contributed by atoms with Gasteiger partial charge in [0.1, 0.15) is 0 Å². The van der Waals surface area contributed by atoms with E-state index in [1.54, 1.807) is 18.2 Å². The van der Waals surface area contributed by atoms with E-state index in [4.69, 9.17) is 15.0 Å². The molecule has 41 heavy (non-hydrogen) atoms. The van der Waals surface area contributed by atoms with Gasteiger partial charge in [-0.15, -0.1) is 0 Å². The molecule has 5 aromatic rings. The highest BCUT2D eigenvalue weighted by Crippen LogP contribution is 2.28. The first-order valence-corrected chi connectivity index (χ1v) is 15.0. The third kappa shape index (κ3) is 5.84. The Kier molecular flexibility index (Phi) is 7.51. The predicted molar refractivity (Wildman–Crippen MR) is 160 cm³/mol. The Bertz CT molecular complexity index is 1860. The van der Waals surface area contributed by atoms with Gasteiger partial charge in [0.25, 0.3) is 5.56 Å². The van der Waals surface area contributed by atoms with E-state index >= 15 is 0 Å². The summed E-state index contributed by atoms with van der Waals surface area (Å²) in [5.74, 6) is 0. The van der Waals surface area contributed by atoms with E-state index in [1.807, 2.05) is 48.5 Å². The van der Waals surface area contributed by atoms with Crippen LogP contribution in [0, 0.1) is 0 Å². The SMILES string of the molecule is NS(=O)(=O)c1ccccc1-c1ccc(Cn2nc(-c3ccc(CN4CCOCC4)cc3)c3ccccc3c2=O)cc1. The van der Waals surface area contributed by atoms with E-state index in [9.17, 15) is 13.2 Å². The summed E-state index contributed by atoms with van der Waals surface area (Å²) in [6.45, 7) is 4.53. The summed E-state index contributed by atoms with van der Waals surface area (Å²) in [6.07, 6.45) is 0. The maximum absolute atomic E-state index is 13.4. The molecule has 4 aromatic carbocycles. The van der Waals surface area contributed by atoms with Gasteiger partial charge in [0, 0.05) is 36.1 Å². The molecule has 6 rings (SSSR count). The van der Waals surface area contributed by atoms with Crippen LogP contribution < -0.4 is 10.7 Å². The lowest BCUT2D eigenvalue weighted by Crippen LogP contribution is -2.35.